The quantitative estimate of drug-likeness (QED) is 0.0344. The maximum Gasteiger partial charge on any atom is 0.306 e. The van der Waals surface area contributed by atoms with E-state index >= 15 is 0 Å². The fraction of sp³-hybridized carbons (Fsp3) is 0.948. The van der Waals surface area contributed by atoms with E-state index in [-0.39, 0.29) is 31.1 Å². The van der Waals surface area contributed by atoms with Gasteiger partial charge in [-0.3, -0.25) is 14.4 Å². The van der Waals surface area contributed by atoms with E-state index in [1.54, 1.807) is 0 Å². The number of hydrogen-bond acceptors (Lipinski definition) is 6. The Labute approximate surface area is 399 Å². The Morgan fingerprint density at radius 1 is 0.312 bits per heavy atom. The summed E-state index contributed by atoms with van der Waals surface area (Å²) in [6, 6.07) is 0. The summed E-state index contributed by atoms with van der Waals surface area (Å²) in [7, 11) is 0. The van der Waals surface area contributed by atoms with Crippen molar-refractivity contribution in [3.8, 4) is 0 Å². The van der Waals surface area contributed by atoms with Gasteiger partial charge in [-0.25, -0.2) is 0 Å². The van der Waals surface area contributed by atoms with E-state index in [9.17, 15) is 14.4 Å². The Morgan fingerprint density at radius 3 is 0.812 bits per heavy atom. The molecule has 0 N–H and O–H groups in total. The van der Waals surface area contributed by atoms with Gasteiger partial charge in [0.25, 0.3) is 0 Å². The van der Waals surface area contributed by atoms with Gasteiger partial charge >= 0.3 is 17.9 Å². The first kappa shape index (κ1) is 62.4. The number of ether oxygens (including phenoxy) is 3. The number of unbranched alkanes of at least 4 members (excludes halogenated alkanes) is 33. The van der Waals surface area contributed by atoms with Gasteiger partial charge in [0.1, 0.15) is 13.2 Å². The smallest absolute Gasteiger partial charge is 0.306 e. The summed E-state index contributed by atoms with van der Waals surface area (Å²) in [4.78, 5) is 38.1. The molecule has 6 heteroatoms. The van der Waals surface area contributed by atoms with Crippen LogP contribution in [0.25, 0.3) is 0 Å². The highest BCUT2D eigenvalue weighted by Crippen LogP contribution is 2.19. The largest absolute Gasteiger partial charge is 0.462 e. The number of hydrogen-bond donors (Lipinski definition) is 0. The minimum atomic E-state index is -0.763. The fourth-order valence-corrected chi connectivity index (χ4v) is 8.79. The standard InChI is InChI=1S/C58H112O6/c1-7-54(6)46-40-34-28-21-17-13-9-11-15-19-23-31-37-43-49-58(61)64-55(51-63-57(60)48-42-36-30-25-24-27-33-39-45-53(4)5)50-62-56(59)47-41-35-29-22-18-14-10-8-12-16-20-26-32-38-44-52(2)3/h52-55H,7-51H2,1-6H3/t54?,55-/m0/s1. The summed E-state index contributed by atoms with van der Waals surface area (Å²) in [6.07, 6.45) is 50.9. The van der Waals surface area contributed by atoms with E-state index < -0.39 is 6.10 Å². The van der Waals surface area contributed by atoms with Crippen LogP contribution in [-0.2, 0) is 28.6 Å². The molecule has 0 rings (SSSR count). The maximum atomic E-state index is 12.8. The van der Waals surface area contributed by atoms with E-state index in [1.807, 2.05) is 0 Å². The second-order valence-corrected chi connectivity index (χ2v) is 21.1. The normalized spacial score (nSPS) is 12.6. The topological polar surface area (TPSA) is 78.9 Å². The summed E-state index contributed by atoms with van der Waals surface area (Å²) >= 11 is 0. The van der Waals surface area contributed by atoms with Crippen molar-refractivity contribution >= 4 is 17.9 Å². The molecule has 0 aliphatic rings. The number of carbonyl (C=O) groups is 3. The van der Waals surface area contributed by atoms with E-state index in [0.717, 1.165) is 75.5 Å². The lowest BCUT2D eigenvalue weighted by molar-refractivity contribution is -0.167. The molecule has 0 aliphatic carbocycles. The van der Waals surface area contributed by atoms with Crippen molar-refractivity contribution in [1.82, 2.24) is 0 Å². The molecule has 380 valence electrons. The van der Waals surface area contributed by atoms with Crippen molar-refractivity contribution < 1.29 is 28.6 Å². The maximum absolute atomic E-state index is 12.8. The highest BCUT2D eigenvalue weighted by molar-refractivity contribution is 5.71. The lowest BCUT2D eigenvalue weighted by atomic mass is 9.99. The van der Waals surface area contributed by atoms with Gasteiger partial charge in [0, 0.05) is 19.3 Å². The summed E-state index contributed by atoms with van der Waals surface area (Å²) in [6.45, 7) is 13.8. The van der Waals surface area contributed by atoms with Gasteiger partial charge in [0.2, 0.25) is 0 Å². The summed E-state index contributed by atoms with van der Waals surface area (Å²) < 4.78 is 16.9. The zero-order valence-electron chi connectivity index (χ0n) is 44.1. The third kappa shape index (κ3) is 49.8. The van der Waals surface area contributed by atoms with Crippen molar-refractivity contribution in [3.05, 3.63) is 0 Å². The minimum absolute atomic E-state index is 0.0639. The third-order valence-electron chi connectivity index (χ3n) is 13.5. The van der Waals surface area contributed by atoms with Crippen molar-refractivity contribution in [2.75, 3.05) is 13.2 Å². The molecule has 2 atom stereocenters. The molecule has 0 aromatic heterocycles. The van der Waals surface area contributed by atoms with E-state index in [4.69, 9.17) is 14.2 Å². The van der Waals surface area contributed by atoms with Crippen LogP contribution in [0.3, 0.4) is 0 Å². The van der Waals surface area contributed by atoms with Gasteiger partial charge in [-0.15, -0.1) is 0 Å². The van der Waals surface area contributed by atoms with Gasteiger partial charge in [0.15, 0.2) is 6.10 Å². The van der Waals surface area contributed by atoms with Crippen LogP contribution in [-0.4, -0.2) is 37.2 Å². The van der Waals surface area contributed by atoms with Gasteiger partial charge in [0.05, 0.1) is 0 Å². The van der Waals surface area contributed by atoms with Crippen LogP contribution < -0.4 is 0 Å². The Hall–Kier alpha value is -1.59. The highest BCUT2D eigenvalue weighted by Gasteiger charge is 2.19. The molecular formula is C58H112O6. The molecule has 0 saturated carbocycles. The van der Waals surface area contributed by atoms with Crippen molar-refractivity contribution in [2.45, 2.75) is 324 Å². The van der Waals surface area contributed by atoms with Crippen LogP contribution in [0.4, 0.5) is 0 Å². The van der Waals surface area contributed by atoms with Crippen LogP contribution in [0.2, 0.25) is 0 Å². The molecule has 1 unspecified atom stereocenters. The molecule has 0 heterocycles. The lowest BCUT2D eigenvalue weighted by Gasteiger charge is -2.18. The first-order valence-corrected chi connectivity index (χ1v) is 28.6. The highest BCUT2D eigenvalue weighted by atomic mass is 16.6. The second-order valence-electron chi connectivity index (χ2n) is 21.1. The molecule has 0 aliphatic heterocycles. The monoisotopic (exact) mass is 905 g/mol. The Kier molecular flexibility index (Phi) is 48.1. The molecule has 0 spiro atoms. The van der Waals surface area contributed by atoms with Gasteiger partial charge in [-0.05, 0) is 37.0 Å². The van der Waals surface area contributed by atoms with E-state index in [2.05, 4.69) is 41.5 Å². The predicted octanol–water partition coefficient (Wildman–Crippen LogP) is 18.7. The molecule has 0 radical (unpaired) electrons. The van der Waals surface area contributed by atoms with Crippen LogP contribution >= 0.6 is 0 Å². The van der Waals surface area contributed by atoms with Crippen molar-refractivity contribution in [1.29, 1.82) is 0 Å². The first-order valence-electron chi connectivity index (χ1n) is 28.6. The van der Waals surface area contributed by atoms with Crippen molar-refractivity contribution in [3.63, 3.8) is 0 Å². The SMILES string of the molecule is CCC(C)CCCCCCCCCCCCCCCCC(=O)O[C@@H](COC(=O)CCCCCCCCCCCCCCCCC(C)C)COC(=O)CCCCCCCCCCC(C)C. The Balaban J connectivity index is 4.28. The molecule has 0 amide bonds. The Bertz CT molecular complexity index is 993. The number of carbonyl (C=O) groups excluding carboxylic acids is 3. The van der Waals surface area contributed by atoms with Crippen LogP contribution in [0, 0.1) is 17.8 Å². The number of rotatable bonds is 51. The molecule has 6 nitrogen and oxygen atoms in total. The van der Waals surface area contributed by atoms with E-state index in [0.29, 0.717) is 19.3 Å². The summed E-state index contributed by atoms with van der Waals surface area (Å²) in [5, 5.41) is 0. The van der Waals surface area contributed by atoms with Gasteiger partial charge in [-0.1, -0.05) is 279 Å². The zero-order chi connectivity index (χ0) is 47.0. The zero-order valence-corrected chi connectivity index (χ0v) is 44.1. The average molecular weight is 906 g/mol. The van der Waals surface area contributed by atoms with Crippen LogP contribution in [0.1, 0.15) is 318 Å². The molecular weight excluding hydrogens is 793 g/mol. The third-order valence-corrected chi connectivity index (χ3v) is 13.5. The predicted molar refractivity (Wildman–Crippen MR) is 275 cm³/mol. The molecule has 0 aromatic carbocycles. The van der Waals surface area contributed by atoms with Gasteiger partial charge < -0.3 is 14.2 Å². The molecule has 64 heavy (non-hydrogen) atoms. The average Bonchev–Trinajstić information content (AvgIpc) is 3.27. The molecule has 0 aromatic rings. The van der Waals surface area contributed by atoms with E-state index in [1.165, 1.54) is 199 Å². The lowest BCUT2D eigenvalue weighted by Crippen LogP contribution is -2.30. The Morgan fingerprint density at radius 2 is 0.547 bits per heavy atom. The molecule has 0 bridgehead atoms. The van der Waals surface area contributed by atoms with Crippen LogP contribution in [0.15, 0.2) is 0 Å². The molecule has 0 saturated heterocycles. The molecule has 0 fully saturated rings. The first-order chi connectivity index (χ1) is 31.1. The minimum Gasteiger partial charge on any atom is -0.462 e. The number of esters is 3. The summed E-state index contributed by atoms with van der Waals surface area (Å²) in [5.41, 5.74) is 0. The fourth-order valence-electron chi connectivity index (χ4n) is 8.79. The van der Waals surface area contributed by atoms with Crippen molar-refractivity contribution in [2.24, 2.45) is 17.8 Å². The van der Waals surface area contributed by atoms with Crippen LogP contribution in [0.5, 0.6) is 0 Å². The second kappa shape index (κ2) is 49.3. The van der Waals surface area contributed by atoms with Gasteiger partial charge in [-0.2, -0.15) is 0 Å². The summed E-state index contributed by atoms with van der Waals surface area (Å²) in [5.74, 6) is 1.69.